The van der Waals surface area contributed by atoms with Crippen LogP contribution < -0.4 is 11.1 Å². The zero-order chi connectivity index (χ0) is 13.2. The van der Waals surface area contributed by atoms with Crippen molar-refractivity contribution in [3.63, 3.8) is 0 Å². The molecule has 0 radical (unpaired) electrons. The van der Waals surface area contributed by atoms with Crippen molar-refractivity contribution in [3.05, 3.63) is 0 Å². The average molecular weight is 244 g/mol. The van der Waals surface area contributed by atoms with Gasteiger partial charge in [0.2, 0.25) is 0 Å². The second-order valence-electron chi connectivity index (χ2n) is 4.66. The molecule has 0 aromatic heterocycles. The molecule has 0 atom stereocenters. The van der Waals surface area contributed by atoms with Crippen LogP contribution in [0.25, 0.3) is 0 Å². The van der Waals surface area contributed by atoms with Crippen LogP contribution in [0.4, 0.5) is 0 Å². The molecule has 0 aromatic rings. The highest BCUT2D eigenvalue weighted by Gasteiger charge is 1.89. The van der Waals surface area contributed by atoms with Gasteiger partial charge in [-0.05, 0) is 38.9 Å². The van der Waals surface area contributed by atoms with Gasteiger partial charge < -0.3 is 11.1 Å². The Morgan fingerprint density at radius 1 is 0.647 bits per heavy atom. The van der Waals surface area contributed by atoms with Gasteiger partial charge in [-0.1, -0.05) is 59.3 Å². The third-order valence-corrected chi connectivity index (χ3v) is 2.70. The molecule has 0 amide bonds. The number of hydrogen-bond donors (Lipinski definition) is 2. The summed E-state index contributed by atoms with van der Waals surface area (Å²) in [6.07, 6.45) is 12.1. The third kappa shape index (κ3) is 25.9. The molecule has 0 aliphatic rings. The monoisotopic (exact) mass is 244 g/mol. The summed E-state index contributed by atoms with van der Waals surface area (Å²) >= 11 is 0. The van der Waals surface area contributed by atoms with Gasteiger partial charge >= 0.3 is 0 Å². The van der Waals surface area contributed by atoms with Gasteiger partial charge in [-0.15, -0.1) is 0 Å². The maximum Gasteiger partial charge on any atom is -0.00489 e. The van der Waals surface area contributed by atoms with Crippen LogP contribution in [0.1, 0.15) is 78.6 Å². The molecule has 2 heteroatoms. The number of rotatable bonds is 11. The molecule has 0 aromatic carbocycles. The first kappa shape index (κ1) is 19.3. The lowest BCUT2D eigenvalue weighted by molar-refractivity contribution is 0.564. The smallest absolute Gasteiger partial charge is 0.00489 e. The molecule has 0 saturated carbocycles. The van der Waals surface area contributed by atoms with E-state index in [1.165, 1.54) is 64.5 Å². The van der Waals surface area contributed by atoms with Crippen LogP contribution in [0, 0.1) is 0 Å². The van der Waals surface area contributed by atoms with E-state index in [2.05, 4.69) is 26.1 Å². The Morgan fingerprint density at radius 2 is 1.06 bits per heavy atom. The summed E-state index contributed by atoms with van der Waals surface area (Å²) in [6.45, 7) is 9.86. The van der Waals surface area contributed by atoms with Crippen molar-refractivity contribution in [2.75, 3.05) is 19.6 Å². The van der Waals surface area contributed by atoms with E-state index in [1.807, 2.05) is 0 Å². The molecule has 0 bridgehead atoms. The van der Waals surface area contributed by atoms with Gasteiger partial charge in [-0.25, -0.2) is 0 Å². The van der Waals surface area contributed by atoms with E-state index in [9.17, 15) is 0 Å². The van der Waals surface area contributed by atoms with Gasteiger partial charge in [-0.2, -0.15) is 0 Å². The Hall–Kier alpha value is -0.0800. The number of nitrogens with one attached hydrogen (secondary N) is 1. The second kappa shape index (κ2) is 21.2. The minimum Gasteiger partial charge on any atom is -0.330 e. The lowest BCUT2D eigenvalue weighted by Crippen LogP contribution is -2.16. The summed E-state index contributed by atoms with van der Waals surface area (Å²) in [5.41, 5.74) is 5.03. The predicted octanol–water partition coefficient (Wildman–Crippen LogP) is 4.09. The van der Waals surface area contributed by atoms with Crippen LogP contribution in [0.3, 0.4) is 0 Å². The van der Waals surface area contributed by atoms with Gasteiger partial charge in [0, 0.05) is 0 Å². The molecule has 3 N–H and O–H groups in total. The van der Waals surface area contributed by atoms with Gasteiger partial charge in [0.25, 0.3) is 0 Å². The summed E-state index contributed by atoms with van der Waals surface area (Å²) in [6, 6.07) is 0. The summed E-state index contributed by atoms with van der Waals surface area (Å²) in [4.78, 5) is 0. The Labute approximate surface area is 110 Å². The van der Waals surface area contributed by atoms with Gasteiger partial charge in [-0.3, -0.25) is 0 Å². The molecule has 106 valence electrons. The van der Waals surface area contributed by atoms with Crippen molar-refractivity contribution in [1.29, 1.82) is 0 Å². The molecule has 17 heavy (non-hydrogen) atoms. The first-order valence-electron chi connectivity index (χ1n) is 7.74. The van der Waals surface area contributed by atoms with Crippen LogP contribution in [0.5, 0.6) is 0 Å². The van der Waals surface area contributed by atoms with E-state index >= 15 is 0 Å². The maximum absolute atomic E-state index is 5.03. The highest BCUT2D eigenvalue weighted by atomic mass is 14.8. The Morgan fingerprint density at radius 3 is 1.35 bits per heavy atom. The first-order chi connectivity index (χ1) is 8.33. The lowest BCUT2D eigenvalue weighted by atomic mass is 10.2. The highest BCUT2D eigenvalue weighted by Crippen LogP contribution is 1.98. The standard InChI is InChI=1S/C12H27N.C3H9N/c1-3-5-7-9-11-13-12-10-8-6-4-2;1-2-3-4/h13H,3-12H2,1-2H3;2-4H2,1H3. The molecule has 0 rings (SSSR count). The summed E-state index contributed by atoms with van der Waals surface area (Å²) in [5.74, 6) is 0. The summed E-state index contributed by atoms with van der Waals surface area (Å²) < 4.78 is 0. The molecule has 0 aliphatic heterocycles. The zero-order valence-corrected chi connectivity index (χ0v) is 12.6. The molecule has 0 fully saturated rings. The molecule has 0 spiro atoms. The highest BCUT2D eigenvalue weighted by molar-refractivity contribution is 4.49. The van der Waals surface area contributed by atoms with Crippen LogP contribution in [0.2, 0.25) is 0 Å². The SMILES string of the molecule is CCCCCCNCCCCCC.CCCN. The molecule has 0 heterocycles. The fourth-order valence-electron chi connectivity index (χ4n) is 1.48. The van der Waals surface area contributed by atoms with Crippen molar-refractivity contribution < 1.29 is 0 Å². The molecular weight excluding hydrogens is 208 g/mol. The molecule has 0 aliphatic carbocycles. The van der Waals surface area contributed by atoms with Crippen LogP contribution in [-0.4, -0.2) is 19.6 Å². The van der Waals surface area contributed by atoms with Crippen molar-refractivity contribution in [3.8, 4) is 0 Å². The van der Waals surface area contributed by atoms with Gasteiger partial charge in [0.05, 0.1) is 0 Å². The van der Waals surface area contributed by atoms with Crippen LogP contribution >= 0.6 is 0 Å². The van der Waals surface area contributed by atoms with Gasteiger partial charge in [0.1, 0.15) is 0 Å². The van der Waals surface area contributed by atoms with Gasteiger partial charge in [0.15, 0.2) is 0 Å². The topological polar surface area (TPSA) is 38.0 Å². The van der Waals surface area contributed by atoms with E-state index in [0.717, 1.165) is 13.0 Å². The number of nitrogens with two attached hydrogens (primary N) is 1. The fraction of sp³-hybridized carbons (Fsp3) is 1.00. The Bertz CT molecular complexity index is 93.1. The third-order valence-electron chi connectivity index (χ3n) is 2.70. The average Bonchev–Trinajstić information content (AvgIpc) is 2.37. The van der Waals surface area contributed by atoms with E-state index in [0.29, 0.717) is 0 Å². The zero-order valence-electron chi connectivity index (χ0n) is 12.6. The van der Waals surface area contributed by atoms with E-state index in [1.54, 1.807) is 0 Å². The largest absolute Gasteiger partial charge is 0.330 e. The number of unbranched alkanes of at least 4 members (excludes halogenated alkanes) is 6. The van der Waals surface area contributed by atoms with E-state index in [-0.39, 0.29) is 0 Å². The van der Waals surface area contributed by atoms with Crippen molar-refractivity contribution in [2.24, 2.45) is 5.73 Å². The summed E-state index contributed by atoms with van der Waals surface area (Å²) in [5, 5.41) is 3.50. The minimum absolute atomic E-state index is 0.819. The normalized spacial score (nSPS) is 9.88. The maximum atomic E-state index is 5.03. The van der Waals surface area contributed by atoms with E-state index < -0.39 is 0 Å². The molecular formula is C15H36N2. The predicted molar refractivity (Wildman–Crippen MR) is 80.5 cm³/mol. The summed E-state index contributed by atoms with van der Waals surface area (Å²) in [7, 11) is 0. The van der Waals surface area contributed by atoms with Crippen molar-refractivity contribution in [1.82, 2.24) is 5.32 Å². The van der Waals surface area contributed by atoms with E-state index in [4.69, 9.17) is 5.73 Å². The van der Waals surface area contributed by atoms with Crippen molar-refractivity contribution >= 4 is 0 Å². The lowest BCUT2D eigenvalue weighted by Gasteiger charge is -2.03. The molecule has 0 saturated heterocycles. The van der Waals surface area contributed by atoms with Crippen LogP contribution in [-0.2, 0) is 0 Å². The molecule has 2 nitrogen and oxygen atoms in total. The Kier molecular flexibility index (Phi) is 24.1. The fourth-order valence-corrected chi connectivity index (χ4v) is 1.48. The van der Waals surface area contributed by atoms with Crippen molar-refractivity contribution in [2.45, 2.75) is 78.6 Å². The minimum atomic E-state index is 0.819. The molecule has 0 unspecified atom stereocenters. The second-order valence-corrected chi connectivity index (χ2v) is 4.66. The number of hydrogen-bond acceptors (Lipinski definition) is 2. The quantitative estimate of drug-likeness (QED) is 0.537. The van der Waals surface area contributed by atoms with Crippen LogP contribution in [0.15, 0.2) is 0 Å². The first-order valence-corrected chi connectivity index (χ1v) is 7.74. The Balaban J connectivity index is 0.